The van der Waals surface area contributed by atoms with Gasteiger partial charge in [0, 0.05) is 13.5 Å². The summed E-state index contributed by atoms with van der Waals surface area (Å²) in [6.45, 7) is 6.16. The molecule has 0 aliphatic heterocycles. The van der Waals surface area contributed by atoms with Crippen molar-refractivity contribution in [3.05, 3.63) is 0 Å². The Morgan fingerprint density at radius 3 is 2.20 bits per heavy atom. The molecule has 0 radical (unpaired) electrons. The molecule has 15 heavy (non-hydrogen) atoms. The molecule has 0 aromatic carbocycles. The van der Waals surface area contributed by atoms with Crippen LogP contribution in [0.3, 0.4) is 0 Å². The van der Waals surface area contributed by atoms with Gasteiger partial charge >= 0.3 is 5.97 Å². The lowest BCUT2D eigenvalue weighted by Crippen LogP contribution is -2.31. The number of carbonyl (C=O) groups excluding carboxylic acids is 1. The van der Waals surface area contributed by atoms with E-state index in [4.69, 9.17) is 5.11 Å². The van der Waals surface area contributed by atoms with Crippen LogP contribution in [0.5, 0.6) is 0 Å². The van der Waals surface area contributed by atoms with Crippen molar-refractivity contribution in [2.45, 2.75) is 40.0 Å². The van der Waals surface area contributed by atoms with Gasteiger partial charge in [0.25, 0.3) is 0 Å². The molecule has 1 amide bonds. The number of carboxylic acids is 1. The predicted octanol–water partition coefficient (Wildman–Crippen LogP) is 1.75. The van der Waals surface area contributed by atoms with Crippen molar-refractivity contribution in [2.24, 2.45) is 5.41 Å². The normalized spacial score (nSPS) is 11.2. The number of aliphatic carboxylic acids is 1. The van der Waals surface area contributed by atoms with Crippen LogP contribution in [0.4, 0.5) is 0 Å². The lowest BCUT2D eigenvalue weighted by Gasteiger charge is -2.19. The molecule has 4 nitrogen and oxygen atoms in total. The van der Waals surface area contributed by atoms with Crippen molar-refractivity contribution in [2.75, 3.05) is 13.6 Å². The Bertz CT molecular complexity index is 230. The Morgan fingerprint density at radius 2 is 1.80 bits per heavy atom. The van der Waals surface area contributed by atoms with Gasteiger partial charge in [0.05, 0.1) is 0 Å². The maximum atomic E-state index is 11.4. The summed E-state index contributed by atoms with van der Waals surface area (Å²) in [7, 11) is 1.52. The van der Waals surface area contributed by atoms with E-state index >= 15 is 0 Å². The molecule has 0 atom stereocenters. The van der Waals surface area contributed by atoms with E-state index in [1.807, 2.05) is 0 Å². The summed E-state index contributed by atoms with van der Waals surface area (Å²) in [5.41, 5.74) is 0.228. The van der Waals surface area contributed by atoms with Gasteiger partial charge < -0.3 is 10.0 Å². The van der Waals surface area contributed by atoms with Crippen molar-refractivity contribution in [3.63, 3.8) is 0 Å². The van der Waals surface area contributed by atoms with Crippen LogP contribution in [0, 0.1) is 5.41 Å². The number of carbonyl (C=O) groups is 2. The summed E-state index contributed by atoms with van der Waals surface area (Å²) < 4.78 is 0. The molecule has 0 saturated carbocycles. The summed E-state index contributed by atoms with van der Waals surface area (Å²) in [5, 5.41) is 8.49. The zero-order valence-electron chi connectivity index (χ0n) is 10.0. The van der Waals surface area contributed by atoms with Crippen LogP contribution in [0.15, 0.2) is 0 Å². The van der Waals surface area contributed by atoms with Crippen molar-refractivity contribution < 1.29 is 14.7 Å². The van der Waals surface area contributed by atoms with Gasteiger partial charge in [-0.2, -0.15) is 0 Å². The smallest absolute Gasteiger partial charge is 0.323 e. The molecule has 0 aromatic rings. The molecular formula is C11H21NO3. The molecule has 0 unspecified atom stereocenters. The fraction of sp³-hybridized carbons (Fsp3) is 0.818. The molecule has 0 saturated heterocycles. The summed E-state index contributed by atoms with van der Waals surface area (Å²) in [4.78, 5) is 23.0. The van der Waals surface area contributed by atoms with Gasteiger partial charge in [-0.25, -0.2) is 0 Å². The van der Waals surface area contributed by atoms with Gasteiger partial charge in [0.15, 0.2) is 0 Å². The Morgan fingerprint density at radius 1 is 1.27 bits per heavy atom. The first-order valence-electron chi connectivity index (χ1n) is 5.18. The highest BCUT2D eigenvalue weighted by molar-refractivity contribution is 5.80. The first kappa shape index (κ1) is 13.9. The molecule has 0 bridgehead atoms. The van der Waals surface area contributed by atoms with E-state index in [9.17, 15) is 9.59 Å². The van der Waals surface area contributed by atoms with Crippen LogP contribution in [-0.4, -0.2) is 35.5 Å². The van der Waals surface area contributed by atoms with Gasteiger partial charge in [-0.1, -0.05) is 20.8 Å². The standard InChI is InChI=1S/C11H21NO3/c1-11(2,3)7-5-6-9(13)12(4)8-10(14)15/h5-8H2,1-4H3,(H,14,15). The summed E-state index contributed by atoms with van der Waals surface area (Å²) >= 11 is 0. The molecule has 0 fully saturated rings. The van der Waals surface area contributed by atoms with Crippen LogP contribution < -0.4 is 0 Å². The number of hydrogen-bond donors (Lipinski definition) is 1. The second-order valence-electron chi connectivity index (χ2n) is 5.06. The monoisotopic (exact) mass is 215 g/mol. The first-order valence-corrected chi connectivity index (χ1v) is 5.18. The lowest BCUT2D eigenvalue weighted by atomic mass is 9.90. The summed E-state index contributed by atoms with van der Waals surface area (Å²) in [5.74, 6) is -1.07. The zero-order chi connectivity index (χ0) is 12.1. The summed E-state index contributed by atoms with van der Waals surface area (Å²) in [6, 6.07) is 0. The maximum absolute atomic E-state index is 11.4. The minimum atomic E-state index is -0.971. The van der Waals surface area contributed by atoms with Crippen LogP contribution in [0.25, 0.3) is 0 Å². The Balaban J connectivity index is 3.79. The van der Waals surface area contributed by atoms with E-state index in [1.165, 1.54) is 11.9 Å². The number of nitrogens with zero attached hydrogens (tertiary/aromatic N) is 1. The molecule has 0 aliphatic carbocycles. The van der Waals surface area contributed by atoms with E-state index in [2.05, 4.69) is 20.8 Å². The second kappa shape index (κ2) is 5.73. The van der Waals surface area contributed by atoms with E-state index in [0.717, 1.165) is 12.8 Å². The third-order valence-corrected chi connectivity index (χ3v) is 2.12. The third kappa shape index (κ3) is 7.97. The SMILES string of the molecule is CN(CC(=O)O)C(=O)CCCC(C)(C)C. The van der Waals surface area contributed by atoms with Crippen LogP contribution in [-0.2, 0) is 9.59 Å². The molecule has 0 aliphatic rings. The highest BCUT2D eigenvalue weighted by atomic mass is 16.4. The molecule has 88 valence electrons. The minimum Gasteiger partial charge on any atom is -0.480 e. The zero-order valence-corrected chi connectivity index (χ0v) is 10.0. The lowest BCUT2D eigenvalue weighted by molar-refractivity contribution is -0.143. The summed E-state index contributed by atoms with van der Waals surface area (Å²) in [6.07, 6.45) is 2.22. The quantitative estimate of drug-likeness (QED) is 0.760. The molecule has 0 heterocycles. The minimum absolute atomic E-state index is 0.0957. The van der Waals surface area contributed by atoms with E-state index < -0.39 is 5.97 Å². The molecule has 0 rings (SSSR count). The van der Waals surface area contributed by atoms with Crippen LogP contribution in [0.2, 0.25) is 0 Å². The Kier molecular flexibility index (Phi) is 5.33. The maximum Gasteiger partial charge on any atom is 0.323 e. The van der Waals surface area contributed by atoms with Crippen molar-refractivity contribution in [3.8, 4) is 0 Å². The fourth-order valence-electron chi connectivity index (χ4n) is 1.25. The van der Waals surface area contributed by atoms with Gasteiger partial charge in [-0.3, -0.25) is 9.59 Å². The predicted molar refractivity (Wildman–Crippen MR) is 58.6 cm³/mol. The van der Waals surface area contributed by atoms with Gasteiger partial charge in [0.1, 0.15) is 6.54 Å². The largest absolute Gasteiger partial charge is 0.480 e. The topological polar surface area (TPSA) is 57.6 Å². The third-order valence-electron chi connectivity index (χ3n) is 2.12. The van der Waals surface area contributed by atoms with Crippen molar-refractivity contribution in [1.82, 2.24) is 4.90 Å². The highest BCUT2D eigenvalue weighted by Crippen LogP contribution is 2.21. The molecule has 0 spiro atoms. The van der Waals surface area contributed by atoms with Crippen LogP contribution in [0.1, 0.15) is 40.0 Å². The van der Waals surface area contributed by atoms with Crippen molar-refractivity contribution >= 4 is 11.9 Å². The number of hydrogen-bond acceptors (Lipinski definition) is 2. The average molecular weight is 215 g/mol. The molecule has 0 aromatic heterocycles. The molecule has 1 N–H and O–H groups in total. The van der Waals surface area contributed by atoms with Gasteiger partial charge in [-0.05, 0) is 18.3 Å². The average Bonchev–Trinajstić information content (AvgIpc) is 2.00. The van der Waals surface area contributed by atoms with E-state index in [1.54, 1.807) is 0 Å². The number of rotatable bonds is 5. The number of carboxylic acid groups (broad SMARTS) is 1. The number of likely N-dealkylation sites (N-methyl/N-ethyl adjacent to an activating group) is 1. The van der Waals surface area contributed by atoms with Crippen molar-refractivity contribution in [1.29, 1.82) is 0 Å². The first-order chi connectivity index (χ1) is 6.72. The number of amides is 1. The molecular weight excluding hydrogens is 194 g/mol. The van der Waals surface area contributed by atoms with Crippen LogP contribution >= 0.6 is 0 Å². The molecule has 4 heteroatoms. The van der Waals surface area contributed by atoms with E-state index in [-0.39, 0.29) is 17.9 Å². The second-order valence-corrected chi connectivity index (χ2v) is 5.06. The Labute approximate surface area is 91.3 Å². The highest BCUT2D eigenvalue weighted by Gasteiger charge is 2.14. The fourth-order valence-corrected chi connectivity index (χ4v) is 1.25. The van der Waals surface area contributed by atoms with Gasteiger partial charge in [-0.15, -0.1) is 0 Å². The van der Waals surface area contributed by atoms with E-state index in [0.29, 0.717) is 6.42 Å². The Hall–Kier alpha value is -1.06. The van der Waals surface area contributed by atoms with Gasteiger partial charge in [0.2, 0.25) is 5.91 Å².